The monoisotopic (exact) mass is 240 g/mol. The topological polar surface area (TPSA) is 55.2 Å². The van der Waals surface area contributed by atoms with Crippen LogP contribution in [-0.4, -0.2) is 11.5 Å². The lowest BCUT2D eigenvalue weighted by Gasteiger charge is -2.06. The number of nitro groups is 1. The third-order valence-corrected chi connectivity index (χ3v) is 2.34. The minimum Gasteiger partial charge on any atom is -0.379 e. The second-order valence-electron chi connectivity index (χ2n) is 3.18. The van der Waals surface area contributed by atoms with Gasteiger partial charge in [0.15, 0.2) is 0 Å². The van der Waals surface area contributed by atoms with Crippen molar-refractivity contribution in [2.24, 2.45) is 0 Å². The van der Waals surface area contributed by atoms with E-state index in [4.69, 9.17) is 11.6 Å². The SMILES string of the molecule is C/C=C/CCNc1cccc(Cl)c1[N+](=O)[O-]. The molecule has 0 aliphatic rings. The lowest BCUT2D eigenvalue weighted by Crippen LogP contribution is -2.03. The Morgan fingerprint density at radius 1 is 1.56 bits per heavy atom. The normalized spacial score (nSPS) is 10.6. The lowest BCUT2D eigenvalue weighted by atomic mass is 10.2. The molecule has 0 atom stereocenters. The van der Waals surface area contributed by atoms with Gasteiger partial charge in [-0.1, -0.05) is 29.8 Å². The number of allylic oxidation sites excluding steroid dienone is 1. The van der Waals surface area contributed by atoms with Crippen LogP contribution in [0.25, 0.3) is 0 Å². The number of hydrogen-bond donors (Lipinski definition) is 1. The van der Waals surface area contributed by atoms with Crippen LogP contribution in [0.15, 0.2) is 30.4 Å². The first kappa shape index (κ1) is 12.5. The molecule has 0 aromatic heterocycles. The average Bonchev–Trinajstić information content (AvgIpc) is 2.24. The van der Waals surface area contributed by atoms with Gasteiger partial charge in [-0.3, -0.25) is 10.1 Å². The molecule has 0 aliphatic carbocycles. The van der Waals surface area contributed by atoms with E-state index in [0.717, 1.165) is 6.42 Å². The average molecular weight is 241 g/mol. The van der Waals surface area contributed by atoms with E-state index in [1.54, 1.807) is 12.1 Å². The first-order valence-corrected chi connectivity index (χ1v) is 5.32. The Hall–Kier alpha value is -1.55. The Bertz CT molecular complexity index is 405. The number of para-hydroxylation sites is 1. The van der Waals surface area contributed by atoms with E-state index in [1.165, 1.54) is 6.07 Å². The Kier molecular flexibility index (Phi) is 4.79. The predicted molar refractivity (Wildman–Crippen MR) is 66.0 cm³/mol. The molecule has 0 radical (unpaired) electrons. The van der Waals surface area contributed by atoms with Gasteiger partial charge in [-0.05, 0) is 25.5 Å². The molecule has 0 spiro atoms. The number of nitrogens with zero attached hydrogens (tertiary/aromatic N) is 1. The summed E-state index contributed by atoms with van der Waals surface area (Å²) in [7, 11) is 0. The Balaban J connectivity index is 2.79. The fourth-order valence-corrected chi connectivity index (χ4v) is 1.54. The van der Waals surface area contributed by atoms with Crippen LogP contribution in [0.2, 0.25) is 5.02 Å². The minimum absolute atomic E-state index is 0.0651. The number of nitrogens with one attached hydrogen (secondary N) is 1. The molecular weight excluding hydrogens is 228 g/mol. The summed E-state index contributed by atoms with van der Waals surface area (Å²) in [5.74, 6) is 0. The molecule has 5 heteroatoms. The summed E-state index contributed by atoms with van der Waals surface area (Å²) >= 11 is 5.77. The van der Waals surface area contributed by atoms with Crippen molar-refractivity contribution in [2.75, 3.05) is 11.9 Å². The van der Waals surface area contributed by atoms with Gasteiger partial charge in [-0.15, -0.1) is 0 Å². The summed E-state index contributed by atoms with van der Waals surface area (Å²) in [5.41, 5.74) is 0.395. The van der Waals surface area contributed by atoms with Crippen molar-refractivity contribution in [3.63, 3.8) is 0 Å². The number of rotatable bonds is 5. The third kappa shape index (κ3) is 3.24. The summed E-state index contributed by atoms with van der Waals surface area (Å²) in [5, 5.41) is 13.9. The maximum absolute atomic E-state index is 10.8. The zero-order valence-electron chi connectivity index (χ0n) is 8.94. The van der Waals surface area contributed by atoms with Gasteiger partial charge >= 0.3 is 5.69 Å². The molecule has 0 bridgehead atoms. The smallest absolute Gasteiger partial charge is 0.310 e. The van der Waals surface area contributed by atoms with Crippen LogP contribution in [0.1, 0.15) is 13.3 Å². The molecule has 1 rings (SSSR count). The van der Waals surface area contributed by atoms with E-state index in [0.29, 0.717) is 12.2 Å². The molecule has 16 heavy (non-hydrogen) atoms. The Morgan fingerprint density at radius 3 is 2.94 bits per heavy atom. The van der Waals surface area contributed by atoms with Crippen LogP contribution in [0.5, 0.6) is 0 Å². The van der Waals surface area contributed by atoms with Crippen molar-refractivity contribution < 1.29 is 4.92 Å². The van der Waals surface area contributed by atoms with Gasteiger partial charge < -0.3 is 5.32 Å². The number of benzene rings is 1. The van der Waals surface area contributed by atoms with E-state index in [-0.39, 0.29) is 10.7 Å². The summed E-state index contributed by atoms with van der Waals surface area (Å²) in [6.07, 6.45) is 4.75. The molecule has 0 amide bonds. The fraction of sp³-hybridized carbons (Fsp3) is 0.273. The second-order valence-corrected chi connectivity index (χ2v) is 3.58. The molecular formula is C11H13ClN2O2. The van der Waals surface area contributed by atoms with Crippen molar-refractivity contribution in [3.05, 3.63) is 45.5 Å². The molecule has 0 fully saturated rings. The number of nitro benzene ring substituents is 1. The molecule has 1 aromatic rings. The first-order chi connectivity index (χ1) is 7.66. The van der Waals surface area contributed by atoms with Crippen LogP contribution in [-0.2, 0) is 0 Å². The lowest BCUT2D eigenvalue weighted by molar-refractivity contribution is -0.383. The van der Waals surface area contributed by atoms with Crippen molar-refractivity contribution in [3.8, 4) is 0 Å². The first-order valence-electron chi connectivity index (χ1n) is 4.94. The van der Waals surface area contributed by atoms with Crippen LogP contribution < -0.4 is 5.32 Å². The third-order valence-electron chi connectivity index (χ3n) is 2.03. The molecule has 0 saturated carbocycles. The zero-order valence-corrected chi connectivity index (χ0v) is 9.70. The fourth-order valence-electron chi connectivity index (χ4n) is 1.30. The van der Waals surface area contributed by atoms with E-state index < -0.39 is 4.92 Å². The number of hydrogen-bond acceptors (Lipinski definition) is 3. The highest BCUT2D eigenvalue weighted by molar-refractivity contribution is 6.33. The minimum atomic E-state index is -0.472. The van der Waals surface area contributed by atoms with Gasteiger partial charge in [0.25, 0.3) is 0 Å². The van der Waals surface area contributed by atoms with Crippen LogP contribution in [0.3, 0.4) is 0 Å². The van der Waals surface area contributed by atoms with Crippen LogP contribution in [0, 0.1) is 10.1 Å². The van der Waals surface area contributed by atoms with E-state index in [1.807, 2.05) is 19.1 Å². The highest BCUT2D eigenvalue weighted by Gasteiger charge is 2.17. The second kappa shape index (κ2) is 6.12. The highest BCUT2D eigenvalue weighted by Crippen LogP contribution is 2.31. The molecule has 0 saturated heterocycles. The standard InChI is InChI=1S/C11H13ClN2O2/c1-2-3-4-8-13-10-7-5-6-9(12)11(10)14(15)16/h2-3,5-7,13H,4,8H2,1H3/b3-2+. The van der Waals surface area contributed by atoms with Gasteiger partial charge in [0.2, 0.25) is 0 Å². The van der Waals surface area contributed by atoms with Crippen LogP contribution >= 0.6 is 11.6 Å². The Labute approximate surface area is 99.1 Å². The van der Waals surface area contributed by atoms with Crippen molar-refractivity contribution >= 4 is 23.0 Å². The quantitative estimate of drug-likeness (QED) is 0.370. The summed E-state index contributed by atoms with van der Waals surface area (Å²) in [6, 6.07) is 4.85. The molecule has 0 heterocycles. The molecule has 0 aliphatic heterocycles. The van der Waals surface area contributed by atoms with Crippen molar-refractivity contribution in [2.45, 2.75) is 13.3 Å². The molecule has 4 nitrogen and oxygen atoms in total. The number of halogens is 1. The maximum Gasteiger partial charge on any atom is 0.310 e. The van der Waals surface area contributed by atoms with Crippen molar-refractivity contribution in [1.29, 1.82) is 0 Å². The zero-order chi connectivity index (χ0) is 12.0. The van der Waals surface area contributed by atoms with Gasteiger partial charge in [-0.2, -0.15) is 0 Å². The van der Waals surface area contributed by atoms with Gasteiger partial charge in [0.05, 0.1) is 4.92 Å². The van der Waals surface area contributed by atoms with Crippen molar-refractivity contribution in [1.82, 2.24) is 0 Å². The van der Waals surface area contributed by atoms with E-state index in [2.05, 4.69) is 5.32 Å². The van der Waals surface area contributed by atoms with Gasteiger partial charge in [0, 0.05) is 6.54 Å². The van der Waals surface area contributed by atoms with E-state index in [9.17, 15) is 10.1 Å². The van der Waals surface area contributed by atoms with Gasteiger partial charge in [0.1, 0.15) is 10.7 Å². The highest BCUT2D eigenvalue weighted by atomic mass is 35.5. The van der Waals surface area contributed by atoms with Crippen LogP contribution in [0.4, 0.5) is 11.4 Å². The number of anilines is 1. The summed E-state index contributed by atoms with van der Waals surface area (Å²) in [4.78, 5) is 10.3. The molecule has 1 N–H and O–H groups in total. The molecule has 1 aromatic carbocycles. The molecule has 0 unspecified atom stereocenters. The van der Waals surface area contributed by atoms with E-state index >= 15 is 0 Å². The summed E-state index contributed by atoms with van der Waals surface area (Å²) < 4.78 is 0. The van der Waals surface area contributed by atoms with Gasteiger partial charge in [-0.25, -0.2) is 0 Å². The molecule has 86 valence electrons. The summed E-state index contributed by atoms with van der Waals surface area (Å²) in [6.45, 7) is 2.58. The maximum atomic E-state index is 10.8. The Morgan fingerprint density at radius 2 is 2.31 bits per heavy atom. The largest absolute Gasteiger partial charge is 0.379 e. The predicted octanol–water partition coefficient (Wildman–Crippen LogP) is 3.63.